The van der Waals surface area contributed by atoms with Gasteiger partial charge in [-0.25, -0.2) is 15.0 Å². The molecule has 13 rings (SSSR count). The van der Waals surface area contributed by atoms with Crippen LogP contribution in [0.2, 0.25) is 0 Å². The monoisotopic (exact) mass is 810 g/mol. The lowest BCUT2D eigenvalue weighted by atomic mass is 10.0. The van der Waals surface area contributed by atoms with Crippen LogP contribution in [0.4, 0.5) is 0 Å². The van der Waals surface area contributed by atoms with Crippen molar-refractivity contribution in [2.45, 2.75) is 0 Å². The highest BCUT2D eigenvalue weighted by molar-refractivity contribution is 6.14. The van der Waals surface area contributed by atoms with Crippen molar-refractivity contribution in [2.75, 3.05) is 0 Å². The molecule has 0 aliphatic heterocycles. The highest BCUT2D eigenvalue weighted by Gasteiger charge is 2.22. The molecule has 0 aliphatic carbocycles. The maximum Gasteiger partial charge on any atom is 0.167 e. The molecule has 13 aromatic rings. The summed E-state index contributed by atoms with van der Waals surface area (Å²) in [6, 6.07) is 59.0. The number of benzene rings is 9. The van der Waals surface area contributed by atoms with Crippen molar-refractivity contribution in [1.82, 2.24) is 19.5 Å². The van der Waals surface area contributed by atoms with E-state index >= 15 is 0 Å². The van der Waals surface area contributed by atoms with Gasteiger partial charge in [-0.1, -0.05) is 164 Å². The number of para-hydroxylation sites is 4. The lowest BCUT2D eigenvalue weighted by Crippen LogP contribution is -2.01. The van der Waals surface area contributed by atoms with Gasteiger partial charge >= 0.3 is 0 Å². The zero-order valence-corrected chi connectivity index (χ0v) is 33.4. The third-order valence-electron chi connectivity index (χ3n) is 11.9. The predicted octanol–water partition coefficient (Wildman–Crippen LogP) is 15.1. The molecule has 0 saturated heterocycles. The van der Waals surface area contributed by atoms with Gasteiger partial charge in [-0.3, -0.25) is 0 Å². The smallest absolute Gasteiger partial charge is 0.167 e. The Labute approximate surface area is 366 Å². The number of furan rings is 2. The molecule has 0 bridgehead atoms. The van der Waals surface area contributed by atoms with Crippen molar-refractivity contribution in [3.8, 4) is 62.1 Å². The van der Waals surface area contributed by atoms with E-state index < -0.39 is 0 Å². The molecule has 0 saturated carbocycles. The second-order valence-corrected chi connectivity index (χ2v) is 15.6. The highest BCUT2D eigenvalue weighted by Crippen LogP contribution is 2.42. The van der Waals surface area contributed by atoms with Gasteiger partial charge in [0, 0.05) is 54.7 Å². The van der Waals surface area contributed by atoms with Crippen LogP contribution in [0.1, 0.15) is 5.48 Å². The third kappa shape index (κ3) is 5.69. The van der Waals surface area contributed by atoms with Crippen LogP contribution < -0.4 is 0 Å². The zero-order valence-electron chi connectivity index (χ0n) is 37.4. The van der Waals surface area contributed by atoms with Gasteiger partial charge in [0.25, 0.3) is 0 Å². The number of nitrogens with zero attached hydrogens (tertiary/aromatic N) is 4. The minimum atomic E-state index is -0.290. The molecule has 0 spiro atoms. The van der Waals surface area contributed by atoms with E-state index in [1.165, 1.54) is 0 Å². The quantitative estimate of drug-likeness (QED) is 0.167. The standard InChI is InChI=1S/C57H34N4O2/c1-3-14-35(15-4-1)39-30-31-52-46(32-39)47-33-40(61-49-23-10-7-18-42(49)43-19-8-11-24-50(43)61)34-48(54(47)63-52)57-59-55(37-16-5-2-6-17-37)58-56(60-57)38-28-26-36(27-29-38)41-21-13-22-45-44-20-9-12-25-51(44)62-53(41)45/h1-34H/i26D,27D,28D,29D. The molecule has 4 aromatic heterocycles. The fourth-order valence-electron chi connectivity index (χ4n) is 9.00. The summed E-state index contributed by atoms with van der Waals surface area (Å²) in [6.45, 7) is 0. The number of hydrogen-bond donors (Lipinski definition) is 0. The molecule has 294 valence electrons. The Balaban J connectivity index is 1.09. The highest BCUT2D eigenvalue weighted by atomic mass is 16.3. The Bertz CT molecular complexity index is 4080. The molecule has 0 unspecified atom stereocenters. The summed E-state index contributed by atoms with van der Waals surface area (Å²) in [7, 11) is 0. The lowest BCUT2D eigenvalue weighted by Gasteiger charge is -2.13. The molecule has 63 heavy (non-hydrogen) atoms. The summed E-state index contributed by atoms with van der Waals surface area (Å²) in [5.74, 6) is 0.533. The normalized spacial score (nSPS) is 12.7. The minimum absolute atomic E-state index is 0.00718. The second kappa shape index (κ2) is 14.0. The SMILES string of the molecule is [2H]c1c([2H])c(-c2cccc3c2oc2ccccc23)c([2H])c([2H])c1-c1nc(-c2ccccc2)nc(-c2cc(-n3c4ccccc4c4ccccc43)cc3c2oc2ccc(-c4ccccc4)cc23)n1. The van der Waals surface area contributed by atoms with E-state index in [9.17, 15) is 5.48 Å². The Morgan fingerprint density at radius 3 is 1.63 bits per heavy atom. The molecule has 0 aliphatic rings. The largest absolute Gasteiger partial charge is 0.455 e. The summed E-state index contributed by atoms with van der Waals surface area (Å²) in [4.78, 5) is 15.2. The Kier molecular flexibility index (Phi) is 6.94. The minimum Gasteiger partial charge on any atom is -0.455 e. The van der Waals surface area contributed by atoms with Gasteiger partial charge in [0.2, 0.25) is 0 Å². The van der Waals surface area contributed by atoms with Crippen LogP contribution in [0.3, 0.4) is 0 Å². The number of rotatable bonds is 6. The first-order valence-electron chi connectivity index (χ1n) is 22.8. The van der Waals surface area contributed by atoms with Crippen LogP contribution >= 0.6 is 0 Å². The summed E-state index contributed by atoms with van der Waals surface area (Å²) in [5.41, 5.74) is 9.18. The predicted molar refractivity (Wildman–Crippen MR) is 256 cm³/mol. The van der Waals surface area contributed by atoms with Gasteiger partial charge < -0.3 is 13.4 Å². The first-order chi connectivity index (χ1) is 32.9. The molecule has 6 heteroatoms. The molecular formula is C57H34N4O2. The van der Waals surface area contributed by atoms with Gasteiger partial charge in [0.15, 0.2) is 17.5 Å². The van der Waals surface area contributed by atoms with E-state index in [2.05, 4.69) is 71.3 Å². The Morgan fingerprint density at radius 2 is 0.905 bits per heavy atom. The van der Waals surface area contributed by atoms with Gasteiger partial charge in [-0.15, -0.1) is 0 Å². The van der Waals surface area contributed by atoms with E-state index in [-0.39, 0.29) is 46.9 Å². The summed E-state index contributed by atoms with van der Waals surface area (Å²) in [5, 5.41) is 5.70. The molecule has 0 fully saturated rings. The number of hydrogen-bond acceptors (Lipinski definition) is 5. The van der Waals surface area contributed by atoms with Crippen LogP contribution in [-0.2, 0) is 0 Å². The maximum atomic E-state index is 9.56. The van der Waals surface area contributed by atoms with Crippen molar-refractivity contribution in [2.24, 2.45) is 0 Å². The third-order valence-corrected chi connectivity index (χ3v) is 11.9. The molecular weight excluding hydrogens is 773 g/mol. The van der Waals surface area contributed by atoms with Crippen molar-refractivity contribution >= 4 is 65.7 Å². The van der Waals surface area contributed by atoms with Gasteiger partial charge in [-0.05, 0) is 59.2 Å². The molecule has 9 aromatic carbocycles. The first-order valence-corrected chi connectivity index (χ1v) is 20.8. The fourth-order valence-corrected chi connectivity index (χ4v) is 9.00. The van der Waals surface area contributed by atoms with Crippen LogP contribution in [0.25, 0.3) is 128 Å². The van der Waals surface area contributed by atoms with Crippen molar-refractivity contribution in [3.63, 3.8) is 0 Å². The van der Waals surface area contributed by atoms with Crippen LogP contribution in [0, 0.1) is 0 Å². The van der Waals surface area contributed by atoms with Crippen molar-refractivity contribution in [3.05, 3.63) is 206 Å². The molecule has 4 heterocycles. The maximum absolute atomic E-state index is 9.56. The Morgan fingerprint density at radius 1 is 0.349 bits per heavy atom. The van der Waals surface area contributed by atoms with Gasteiger partial charge in [0.1, 0.15) is 22.3 Å². The first kappa shape index (κ1) is 31.3. The van der Waals surface area contributed by atoms with Crippen LogP contribution in [-0.4, -0.2) is 19.5 Å². The van der Waals surface area contributed by atoms with Crippen LogP contribution in [0.15, 0.2) is 215 Å². The van der Waals surface area contributed by atoms with Crippen molar-refractivity contribution in [1.29, 1.82) is 0 Å². The second-order valence-electron chi connectivity index (χ2n) is 15.6. The van der Waals surface area contributed by atoms with Crippen LogP contribution in [0.5, 0.6) is 0 Å². The Hall–Kier alpha value is -8.61. The van der Waals surface area contributed by atoms with Gasteiger partial charge in [0.05, 0.1) is 22.1 Å². The van der Waals surface area contributed by atoms with E-state index in [0.717, 1.165) is 60.2 Å². The number of aromatic nitrogens is 4. The molecule has 0 radical (unpaired) electrons. The van der Waals surface area contributed by atoms with Crippen molar-refractivity contribution < 1.29 is 14.3 Å². The van der Waals surface area contributed by atoms with E-state index in [1.54, 1.807) is 6.07 Å². The van der Waals surface area contributed by atoms with E-state index in [0.29, 0.717) is 44.8 Å². The zero-order chi connectivity index (χ0) is 44.9. The lowest BCUT2D eigenvalue weighted by molar-refractivity contribution is 0.669. The van der Waals surface area contributed by atoms with E-state index in [4.69, 9.17) is 23.8 Å². The molecule has 0 atom stereocenters. The topological polar surface area (TPSA) is 69.9 Å². The molecule has 0 N–H and O–H groups in total. The summed E-state index contributed by atoms with van der Waals surface area (Å²) < 4.78 is 53.4. The van der Waals surface area contributed by atoms with Gasteiger partial charge in [-0.2, -0.15) is 0 Å². The summed E-state index contributed by atoms with van der Waals surface area (Å²) in [6.07, 6.45) is 0. The van der Waals surface area contributed by atoms with E-state index in [1.807, 2.05) is 109 Å². The summed E-state index contributed by atoms with van der Waals surface area (Å²) >= 11 is 0. The molecule has 6 nitrogen and oxygen atoms in total. The molecule has 0 amide bonds. The average molecular weight is 811 g/mol. The average Bonchev–Trinajstić information content (AvgIpc) is 4.06. The number of fused-ring (bicyclic) bond motifs is 9. The fraction of sp³-hybridized carbons (Fsp3) is 0.